The Labute approximate surface area is 187 Å². The second-order valence-electron chi connectivity index (χ2n) is 8.71. The molecule has 1 aliphatic carbocycles. The quantitative estimate of drug-likeness (QED) is 0.364. The van der Waals surface area contributed by atoms with E-state index in [2.05, 4.69) is 5.32 Å². The van der Waals surface area contributed by atoms with E-state index in [0.717, 1.165) is 31.2 Å². The number of hydrogen-bond donors (Lipinski definition) is 3. The summed E-state index contributed by atoms with van der Waals surface area (Å²) in [7, 11) is 0. The Morgan fingerprint density at radius 1 is 1.16 bits per heavy atom. The zero-order valence-electron chi connectivity index (χ0n) is 18.1. The van der Waals surface area contributed by atoms with Crippen LogP contribution in [0.4, 0.5) is 4.39 Å². The third kappa shape index (κ3) is 4.78. The number of carbonyl (C=O) groups excluding carboxylic acids is 1. The van der Waals surface area contributed by atoms with Gasteiger partial charge in [-0.2, -0.15) is 0 Å². The van der Waals surface area contributed by atoms with Crippen LogP contribution in [0.25, 0.3) is 0 Å². The van der Waals surface area contributed by atoms with Crippen LogP contribution >= 0.6 is 0 Å². The summed E-state index contributed by atoms with van der Waals surface area (Å²) in [5.41, 5.74) is -0.313. The molecule has 1 aliphatic heterocycles. The highest BCUT2D eigenvalue weighted by molar-refractivity contribution is 5.82. The summed E-state index contributed by atoms with van der Waals surface area (Å²) in [6.45, 7) is 1.30. The summed E-state index contributed by atoms with van der Waals surface area (Å²) in [4.78, 5) is 15.0. The topological polar surface area (TPSA) is 85.7 Å². The lowest BCUT2D eigenvalue weighted by atomic mass is 9.80. The van der Waals surface area contributed by atoms with E-state index in [1.165, 1.54) is 12.1 Å². The third-order valence-corrected chi connectivity index (χ3v) is 6.56. The van der Waals surface area contributed by atoms with Crippen LogP contribution in [0.5, 0.6) is 0 Å². The molecule has 1 heterocycles. The van der Waals surface area contributed by atoms with Crippen LogP contribution in [-0.4, -0.2) is 41.1 Å². The summed E-state index contributed by atoms with van der Waals surface area (Å²) >= 11 is 0. The van der Waals surface area contributed by atoms with Crippen LogP contribution in [0, 0.1) is 17.1 Å². The number of esters is 1. The minimum Gasteiger partial charge on any atom is -0.458 e. The highest BCUT2D eigenvalue weighted by Gasteiger charge is 2.48. The number of ether oxygens (including phenoxy) is 1. The molecule has 2 aromatic carbocycles. The molecule has 0 amide bonds. The smallest absolute Gasteiger partial charge is 0.343 e. The normalized spacial score (nSPS) is 20.7. The Balaban J connectivity index is 1.36. The third-order valence-electron chi connectivity index (χ3n) is 6.56. The van der Waals surface area contributed by atoms with Crippen molar-refractivity contribution in [1.29, 1.82) is 5.41 Å². The van der Waals surface area contributed by atoms with Crippen molar-refractivity contribution < 1.29 is 19.0 Å². The van der Waals surface area contributed by atoms with Crippen molar-refractivity contribution in [2.75, 3.05) is 13.1 Å². The fourth-order valence-corrected chi connectivity index (χ4v) is 4.77. The Hall–Kier alpha value is -2.93. The standard InChI is InChI=1S/C25H30FN3O3/c26-21-12-6-7-18(15-21)16-28-24(27)29-14-13-22(17-29)32-23(30)25(31,20-10-4-5-11-20)19-8-2-1-3-9-19/h1-3,6-9,12,15,20,22,31H,4-5,10-11,13-14,16-17H2,(H2,27,28)/t22-,25+/m1/s1. The average Bonchev–Trinajstić information content (AvgIpc) is 3.50. The van der Waals surface area contributed by atoms with Crippen molar-refractivity contribution in [2.45, 2.75) is 50.4 Å². The fourth-order valence-electron chi connectivity index (χ4n) is 4.77. The van der Waals surface area contributed by atoms with Gasteiger partial charge in [0.25, 0.3) is 0 Å². The number of rotatable bonds is 6. The van der Waals surface area contributed by atoms with Gasteiger partial charge in [0.15, 0.2) is 11.6 Å². The first-order chi connectivity index (χ1) is 15.5. The number of benzene rings is 2. The van der Waals surface area contributed by atoms with E-state index in [0.29, 0.717) is 31.6 Å². The summed E-state index contributed by atoms with van der Waals surface area (Å²) in [6.07, 6.45) is 3.79. The van der Waals surface area contributed by atoms with E-state index >= 15 is 0 Å². The first-order valence-corrected chi connectivity index (χ1v) is 11.3. The largest absolute Gasteiger partial charge is 0.458 e. The molecule has 2 fully saturated rings. The monoisotopic (exact) mass is 439 g/mol. The van der Waals surface area contributed by atoms with Crippen LogP contribution in [0.2, 0.25) is 0 Å². The molecule has 0 unspecified atom stereocenters. The maximum atomic E-state index is 13.3. The molecule has 2 atom stereocenters. The molecule has 6 nitrogen and oxygen atoms in total. The van der Waals surface area contributed by atoms with E-state index in [4.69, 9.17) is 10.1 Å². The predicted molar refractivity (Wildman–Crippen MR) is 119 cm³/mol. The highest BCUT2D eigenvalue weighted by atomic mass is 19.1. The van der Waals surface area contributed by atoms with Crippen LogP contribution in [0.15, 0.2) is 54.6 Å². The van der Waals surface area contributed by atoms with Gasteiger partial charge < -0.3 is 20.1 Å². The first-order valence-electron chi connectivity index (χ1n) is 11.3. The Bertz CT molecular complexity index is 948. The lowest BCUT2D eigenvalue weighted by Crippen LogP contribution is -2.45. The van der Waals surface area contributed by atoms with E-state index in [1.54, 1.807) is 29.2 Å². The molecule has 2 aromatic rings. The number of nitrogens with one attached hydrogen (secondary N) is 2. The van der Waals surface area contributed by atoms with Gasteiger partial charge in [-0.25, -0.2) is 9.18 Å². The van der Waals surface area contributed by atoms with E-state index in [1.807, 2.05) is 18.2 Å². The number of halogens is 1. The van der Waals surface area contributed by atoms with Gasteiger partial charge in [-0.1, -0.05) is 55.3 Å². The molecule has 0 aromatic heterocycles. The SMILES string of the molecule is N=C(NCc1cccc(F)c1)N1CC[C@@H](OC(=O)[C@](O)(c2ccccc2)C2CCCC2)C1. The Morgan fingerprint density at radius 3 is 2.62 bits per heavy atom. The minimum atomic E-state index is -1.64. The van der Waals surface area contributed by atoms with Crippen molar-refractivity contribution in [1.82, 2.24) is 10.2 Å². The number of guanidine groups is 1. The molecule has 1 saturated heterocycles. The van der Waals surface area contributed by atoms with E-state index in [9.17, 15) is 14.3 Å². The lowest BCUT2D eigenvalue weighted by Gasteiger charge is -2.33. The number of nitrogens with zero attached hydrogens (tertiary/aromatic N) is 1. The molecule has 170 valence electrons. The van der Waals surface area contributed by atoms with Crippen molar-refractivity contribution in [2.24, 2.45) is 5.92 Å². The zero-order valence-corrected chi connectivity index (χ0v) is 18.1. The summed E-state index contributed by atoms with van der Waals surface area (Å²) in [6, 6.07) is 15.3. The van der Waals surface area contributed by atoms with Crippen molar-refractivity contribution in [3.05, 3.63) is 71.5 Å². The summed E-state index contributed by atoms with van der Waals surface area (Å²) in [5.74, 6) is -0.845. The number of hydrogen-bond acceptors (Lipinski definition) is 4. The molecule has 0 radical (unpaired) electrons. The summed E-state index contributed by atoms with van der Waals surface area (Å²) < 4.78 is 19.1. The fraction of sp³-hybridized carbons (Fsp3) is 0.440. The molecule has 7 heteroatoms. The van der Waals surface area contributed by atoms with Crippen molar-refractivity contribution >= 4 is 11.9 Å². The lowest BCUT2D eigenvalue weighted by molar-refractivity contribution is -0.178. The van der Waals surface area contributed by atoms with Crippen molar-refractivity contribution in [3.8, 4) is 0 Å². The number of aliphatic hydroxyl groups is 1. The van der Waals surface area contributed by atoms with E-state index < -0.39 is 17.7 Å². The molecule has 1 saturated carbocycles. The highest BCUT2D eigenvalue weighted by Crippen LogP contribution is 2.41. The van der Waals surface area contributed by atoms with Gasteiger partial charge in [-0.05, 0) is 36.1 Å². The van der Waals surface area contributed by atoms with Crippen LogP contribution in [0.1, 0.15) is 43.2 Å². The molecule has 0 bridgehead atoms. The second-order valence-corrected chi connectivity index (χ2v) is 8.71. The molecule has 0 spiro atoms. The maximum absolute atomic E-state index is 13.3. The van der Waals surface area contributed by atoms with Gasteiger partial charge >= 0.3 is 5.97 Å². The molecular formula is C25H30FN3O3. The van der Waals surface area contributed by atoms with Gasteiger partial charge in [0, 0.05) is 25.4 Å². The minimum absolute atomic E-state index is 0.152. The van der Waals surface area contributed by atoms with Gasteiger partial charge in [0.05, 0.1) is 6.54 Å². The van der Waals surface area contributed by atoms with Crippen LogP contribution < -0.4 is 5.32 Å². The molecule has 2 aliphatic rings. The van der Waals surface area contributed by atoms with Crippen LogP contribution in [-0.2, 0) is 21.7 Å². The molecule has 32 heavy (non-hydrogen) atoms. The van der Waals surface area contributed by atoms with Gasteiger partial charge in [-0.3, -0.25) is 5.41 Å². The Kier molecular flexibility index (Phi) is 6.74. The van der Waals surface area contributed by atoms with Gasteiger partial charge in [0.2, 0.25) is 0 Å². The zero-order chi connectivity index (χ0) is 22.6. The number of carbonyl (C=O) groups is 1. The molecular weight excluding hydrogens is 409 g/mol. The second kappa shape index (κ2) is 9.69. The van der Waals surface area contributed by atoms with Crippen LogP contribution in [0.3, 0.4) is 0 Å². The molecule has 3 N–H and O–H groups in total. The Morgan fingerprint density at radius 2 is 1.91 bits per heavy atom. The van der Waals surface area contributed by atoms with Gasteiger partial charge in [-0.15, -0.1) is 0 Å². The number of likely N-dealkylation sites (tertiary alicyclic amines) is 1. The van der Waals surface area contributed by atoms with Crippen molar-refractivity contribution in [3.63, 3.8) is 0 Å². The first kappa shape index (κ1) is 22.3. The summed E-state index contributed by atoms with van der Waals surface area (Å²) in [5, 5.41) is 22.8. The average molecular weight is 440 g/mol. The van der Waals surface area contributed by atoms with E-state index in [-0.39, 0.29) is 17.7 Å². The molecule has 4 rings (SSSR count). The van der Waals surface area contributed by atoms with Gasteiger partial charge in [0.1, 0.15) is 11.9 Å². The predicted octanol–water partition coefficient (Wildman–Crippen LogP) is 3.55. The maximum Gasteiger partial charge on any atom is 0.343 e.